The van der Waals surface area contributed by atoms with E-state index < -0.39 is 76.3 Å². The highest BCUT2D eigenvalue weighted by atomic mass is 19.4. The van der Waals surface area contributed by atoms with Gasteiger partial charge in [-0.3, -0.25) is 19.2 Å². The van der Waals surface area contributed by atoms with Crippen molar-refractivity contribution in [3.05, 3.63) is 63.9 Å². The number of fused-ring (bicyclic) bond motifs is 1. The van der Waals surface area contributed by atoms with E-state index in [-0.39, 0.29) is 11.3 Å². The van der Waals surface area contributed by atoms with Crippen LogP contribution in [0.25, 0.3) is 10.9 Å². The molecule has 0 saturated heterocycles. The fourth-order valence-corrected chi connectivity index (χ4v) is 3.71. The van der Waals surface area contributed by atoms with Crippen molar-refractivity contribution in [2.45, 2.75) is 51.9 Å². The van der Waals surface area contributed by atoms with Crippen LogP contribution in [-0.2, 0) is 27.0 Å². The fourth-order valence-electron chi connectivity index (χ4n) is 3.71. The Hall–Kier alpha value is -4.29. The quantitative estimate of drug-likeness (QED) is 0.251. The van der Waals surface area contributed by atoms with Crippen LogP contribution in [0.1, 0.15) is 49.5 Å². The third-order valence-corrected chi connectivity index (χ3v) is 5.66. The number of Topliss-reactive ketones (excluding diaryl/α,β-unsaturated/α-hetero) is 1. The molecule has 0 radical (unpaired) electrons. The molecule has 3 aromatic rings. The van der Waals surface area contributed by atoms with E-state index in [0.717, 1.165) is 18.2 Å². The number of carbonyl (C=O) groups is 3. The molecule has 0 fully saturated rings. The topological polar surface area (TPSA) is 149 Å². The minimum absolute atomic E-state index is 0.0133. The molecule has 0 bridgehead atoms. The summed E-state index contributed by atoms with van der Waals surface area (Å²) in [7, 11) is 0. The van der Waals surface area contributed by atoms with Crippen molar-refractivity contribution in [2.75, 3.05) is 0 Å². The van der Waals surface area contributed by atoms with E-state index in [2.05, 4.69) is 10.3 Å². The Labute approximate surface area is 213 Å². The Bertz CT molecular complexity index is 1440. The third-order valence-electron chi connectivity index (χ3n) is 5.66. The highest BCUT2D eigenvalue weighted by Crippen LogP contribution is 2.35. The summed E-state index contributed by atoms with van der Waals surface area (Å²) in [6.45, 7) is 3.91. The lowest BCUT2D eigenvalue weighted by Gasteiger charge is -2.31. The number of aliphatic carboxylic acids is 1. The zero-order valence-corrected chi connectivity index (χ0v) is 20.6. The van der Waals surface area contributed by atoms with E-state index in [1.54, 1.807) is 0 Å². The molecular formula is C25H24F3N3O7. The summed E-state index contributed by atoms with van der Waals surface area (Å²) < 4.78 is 45.9. The van der Waals surface area contributed by atoms with E-state index in [9.17, 15) is 42.6 Å². The number of nitrogens with zero attached hydrogens (tertiary/aromatic N) is 3. The zero-order valence-electron chi connectivity index (χ0n) is 20.6. The number of phenols is 1. The van der Waals surface area contributed by atoms with E-state index in [1.165, 1.54) is 45.0 Å². The van der Waals surface area contributed by atoms with Crippen LogP contribution in [0.2, 0.25) is 0 Å². The van der Waals surface area contributed by atoms with Crippen LogP contribution in [0.15, 0.2) is 47.3 Å². The summed E-state index contributed by atoms with van der Waals surface area (Å²) in [5.41, 5.74) is -6.44. The number of carbonyl (C=O) groups excluding carboxylic acids is 2. The lowest BCUT2D eigenvalue weighted by atomic mass is 9.78. The molecule has 0 amide bonds. The van der Waals surface area contributed by atoms with Gasteiger partial charge in [0.2, 0.25) is 0 Å². The number of phenolic OH excluding ortho intramolecular Hbond substituents is 1. The first kappa shape index (κ1) is 28.3. The third kappa shape index (κ3) is 5.98. The first-order chi connectivity index (χ1) is 17.5. The molecule has 0 aliphatic rings. The number of carboxylic acid groups (broad SMARTS) is 1. The molecule has 1 atom stereocenters. The molecule has 1 aromatic heterocycles. The second kappa shape index (κ2) is 10.2. The summed E-state index contributed by atoms with van der Waals surface area (Å²) in [4.78, 5) is 51.6. The summed E-state index contributed by atoms with van der Waals surface area (Å²) in [6.07, 6.45) is -6.33. The largest absolute Gasteiger partial charge is 0.508 e. The number of aromatic nitrogens is 3. The first-order valence-electron chi connectivity index (χ1n) is 11.3. The highest BCUT2D eigenvalue weighted by Gasteiger charge is 2.50. The Kier molecular flexibility index (Phi) is 7.61. The molecule has 10 nitrogen and oxygen atoms in total. The van der Waals surface area contributed by atoms with Crippen molar-refractivity contribution in [3.63, 3.8) is 0 Å². The van der Waals surface area contributed by atoms with E-state index in [1.807, 2.05) is 0 Å². The second-order valence-corrected chi connectivity index (χ2v) is 9.60. The number of aryl methyl sites for hydroxylation is 1. The molecule has 2 N–H and O–H groups in total. The number of benzene rings is 2. The van der Waals surface area contributed by atoms with Crippen molar-refractivity contribution in [1.82, 2.24) is 15.0 Å². The first-order valence-corrected chi connectivity index (χ1v) is 11.3. The molecule has 0 aliphatic carbocycles. The van der Waals surface area contributed by atoms with Crippen LogP contribution in [-0.4, -0.2) is 48.5 Å². The Morgan fingerprint density at radius 1 is 1.03 bits per heavy atom. The number of esters is 1. The van der Waals surface area contributed by atoms with Gasteiger partial charge < -0.3 is 14.9 Å². The van der Waals surface area contributed by atoms with Crippen LogP contribution >= 0.6 is 0 Å². The number of ether oxygens (including phenoxy) is 1. The van der Waals surface area contributed by atoms with Crippen molar-refractivity contribution < 1.29 is 42.5 Å². The van der Waals surface area contributed by atoms with Crippen molar-refractivity contribution in [2.24, 2.45) is 5.41 Å². The highest BCUT2D eigenvalue weighted by molar-refractivity contribution is 6.07. The van der Waals surface area contributed by atoms with Gasteiger partial charge in [0.1, 0.15) is 16.9 Å². The van der Waals surface area contributed by atoms with Gasteiger partial charge >= 0.3 is 18.1 Å². The van der Waals surface area contributed by atoms with Crippen LogP contribution < -0.4 is 5.56 Å². The van der Waals surface area contributed by atoms with Gasteiger partial charge in [0, 0.05) is 18.5 Å². The van der Waals surface area contributed by atoms with E-state index in [4.69, 9.17) is 4.74 Å². The maximum Gasteiger partial charge on any atom is 0.418 e. The molecule has 0 spiro atoms. The molecule has 1 unspecified atom stereocenters. The number of ketones is 1. The summed E-state index contributed by atoms with van der Waals surface area (Å²) >= 11 is 0. The van der Waals surface area contributed by atoms with Crippen LogP contribution in [0.4, 0.5) is 13.2 Å². The Morgan fingerprint density at radius 2 is 1.66 bits per heavy atom. The number of rotatable bonds is 8. The van der Waals surface area contributed by atoms with Gasteiger partial charge in [0.15, 0.2) is 11.2 Å². The number of hydrogen-bond donors (Lipinski definition) is 2. The molecule has 38 heavy (non-hydrogen) atoms. The summed E-state index contributed by atoms with van der Waals surface area (Å²) in [6, 6.07) is 7.80. The SMILES string of the molecule is CC(C)(C)OC(=O)C(CCn1nnc2c(C(F)(F)F)cccc2c1=O)(CC(=O)c1ccc(O)cc1)C(=O)O. The van der Waals surface area contributed by atoms with Gasteiger partial charge in [-0.15, -0.1) is 5.10 Å². The lowest BCUT2D eigenvalue weighted by molar-refractivity contribution is -0.177. The van der Waals surface area contributed by atoms with Crippen molar-refractivity contribution in [1.29, 1.82) is 0 Å². The molecule has 1 heterocycles. The minimum Gasteiger partial charge on any atom is -0.508 e. The predicted octanol–water partition coefficient (Wildman–Crippen LogP) is 3.59. The van der Waals surface area contributed by atoms with Gasteiger partial charge in [-0.2, -0.15) is 13.2 Å². The standard InChI is InChI=1S/C25H24F3N3O7/c1-23(2,3)38-22(37)24(21(35)36,13-18(33)14-7-9-15(32)10-8-14)11-12-31-20(34)16-5-4-6-17(25(26,27)28)19(16)29-30-31/h4-10,32H,11-13H2,1-3H3,(H,35,36). The number of hydrogen-bond acceptors (Lipinski definition) is 8. The van der Waals surface area contributed by atoms with Crippen LogP contribution in [0, 0.1) is 5.41 Å². The molecule has 13 heteroatoms. The predicted molar refractivity (Wildman–Crippen MR) is 126 cm³/mol. The average molecular weight is 535 g/mol. The molecular weight excluding hydrogens is 511 g/mol. The smallest absolute Gasteiger partial charge is 0.418 e. The minimum atomic E-state index is -4.80. The van der Waals surface area contributed by atoms with Gasteiger partial charge in [0.05, 0.1) is 10.9 Å². The van der Waals surface area contributed by atoms with E-state index in [0.29, 0.717) is 4.68 Å². The van der Waals surface area contributed by atoms with Gasteiger partial charge in [0.25, 0.3) is 5.56 Å². The number of aromatic hydroxyl groups is 1. The second-order valence-electron chi connectivity index (χ2n) is 9.60. The van der Waals surface area contributed by atoms with Crippen LogP contribution in [0.3, 0.4) is 0 Å². The summed E-state index contributed by atoms with van der Waals surface area (Å²) in [5, 5.41) is 26.2. The average Bonchev–Trinajstić information content (AvgIpc) is 2.80. The summed E-state index contributed by atoms with van der Waals surface area (Å²) in [5.74, 6) is -3.85. The van der Waals surface area contributed by atoms with Gasteiger partial charge in [-0.05, 0) is 63.6 Å². The van der Waals surface area contributed by atoms with Crippen LogP contribution in [0.5, 0.6) is 5.75 Å². The monoisotopic (exact) mass is 535 g/mol. The Morgan fingerprint density at radius 3 is 2.21 bits per heavy atom. The van der Waals surface area contributed by atoms with Gasteiger partial charge in [-0.1, -0.05) is 11.3 Å². The number of alkyl halides is 3. The maximum atomic E-state index is 13.3. The number of halogens is 3. The van der Waals surface area contributed by atoms with Crippen molar-refractivity contribution in [3.8, 4) is 5.75 Å². The van der Waals surface area contributed by atoms with Gasteiger partial charge in [-0.25, -0.2) is 4.68 Å². The van der Waals surface area contributed by atoms with Crippen molar-refractivity contribution >= 4 is 28.6 Å². The van der Waals surface area contributed by atoms with E-state index >= 15 is 0 Å². The Balaban J connectivity index is 2.03. The fraction of sp³-hybridized carbons (Fsp3) is 0.360. The molecule has 0 aliphatic heterocycles. The zero-order chi connectivity index (χ0) is 28.5. The normalized spacial score (nSPS) is 13.6. The number of carboxylic acids is 1. The molecule has 0 saturated carbocycles. The molecule has 2 aromatic carbocycles. The lowest BCUT2D eigenvalue weighted by Crippen LogP contribution is -2.46. The maximum absolute atomic E-state index is 13.3. The molecule has 202 valence electrons. The molecule has 3 rings (SSSR count).